The van der Waals surface area contributed by atoms with Crippen LogP contribution in [-0.2, 0) is 4.79 Å². The van der Waals surface area contributed by atoms with Crippen LogP contribution in [0.2, 0.25) is 0 Å². The van der Waals surface area contributed by atoms with Crippen molar-refractivity contribution in [3.05, 3.63) is 0 Å². The molecule has 1 aliphatic heterocycles. The third-order valence-electron chi connectivity index (χ3n) is 4.12. The maximum Gasteiger partial charge on any atom is 0.306 e. The summed E-state index contributed by atoms with van der Waals surface area (Å²) < 4.78 is 0. The predicted molar refractivity (Wildman–Crippen MR) is 83.8 cm³/mol. The SMILES string of the molecule is CCCCCCCCC(CCC1CCCS1)C(=O)O. The van der Waals surface area contributed by atoms with Crippen LogP contribution in [0, 0.1) is 5.92 Å². The van der Waals surface area contributed by atoms with Crippen molar-refractivity contribution < 1.29 is 9.90 Å². The summed E-state index contributed by atoms with van der Waals surface area (Å²) in [6.07, 6.45) is 13.0. The van der Waals surface area contributed by atoms with Gasteiger partial charge in [0, 0.05) is 5.25 Å². The molecule has 1 aliphatic rings. The van der Waals surface area contributed by atoms with Crippen LogP contribution in [0.4, 0.5) is 0 Å². The molecule has 0 aromatic heterocycles. The fraction of sp³-hybridized carbons (Fsp3) is 0.938. The van der Waals surface area contributed by atoms with Crippen LogP contribution in [0.15, 0.2) is 0 Å². The summed E-state index contributed by atoms with van der Waals surface area (Å²) in [5, 5.41) is 10.0. The average molecular weight is 286 g/mol. The number of carboxylic acid groups (broad SMARTS) is 1. The van der Waals surface area contributed by atoms with E-state index >= 15 is 0 Å². The smallest absolute Gasteiger partial charge is 0.306 e. The van der Waals surface area contributed by atoms with Gasteiger partial charge in [0.25, 0.3) is 0 Å². The number of hydrogen-bond donors (Lipinski definition) is 1. The lowest BCUT2D eigenvalue weighted by molar-refractivity contribution is -0.142. The summed E-state index contributed by atoms with van der Waals surface area (Å²) in [6.45, 7) is 2.22. The number of thioether (sulfide) groups is 1. The zero-order valence-electron chi connectivity index (χ0n) is 12.4. The van der Waals surface area contributed by atoms with Crippen LogP contribution < -0.4 is 0 Å². The lowest BCUT2D eigenvalue weighted by atomic mass is 9.94. The Bertz CT molecular complexity index is 237. The average Bonchev–Trinajstić information content (AvgIpc) is 2.89. The first-order valence-corrected chi connectivity index (χ1v) is 9.13. The standard InChI is InChI=1S/C16H30O2S/c1-2-3-4-5-6-7-9-14(16(17)18)11-12-15-10-8-13-19-15/h14-15H,2-13H2,1H3,(H,17,18). The van der Waals surface area contributed by atoms with Crippen molar-refractivity contribution in [2.24, 2.45) is 5.92 Å². The van der Waals surface area contributed by atoms with Crippen molar-refractivity contribution in [2.45, 2.75) is 82.8 Å². The normalized spacial score (nSPS) is 20.6. The monoisotopic (exact) mass is 286 g/mol. The zero-order chi connectivity index (χ0) is 13.9. The lowest BCUT2D eigenvalue weighted by Crippen LogP contribution is -2.15. The summed E-state index contributed by atoms with van der Waals surface area (Å²) in [5.41, 5.74) is 0. The molecule has 1 rings (SSSR count). The molecular weight excluding hydrogens is 256 g/mol. The number of rotatable bonds is 11. The van der Waals surface area contributed by atoms with Crippen molar-refractivity contribution in [1.29, 1.82) is 0 Å². The Morgan fingerprint density at radius 2 is 1.95 bits per heavy atom. The topological polar surface area (TPSA) is 37.3 Å². The van der Waals surface area contributed by atoms with Gasteiger partial charge in [-0.1, -0.05) is 45.4 Å². The molecule has 0 aromatic rings. The molecule has 2 nitrogen and oxygen atoms in total. The van der Waals surface area contributed by atoms with Gasteiger partial charge in [-0.3, -0.25) is 4.79 Å². The van der Waals surface area contributed by atoms with Gasteiger partial charge in [0.1, 0.15) is 0 Å². The molecule has 0 spiro atoms. The first kappa shape index (κ1) is 16.9. The summed E-state index contributed by atoms with van der Waals surface area (Å²) in [7, 11) is 0. The van der Waals surface area contributed by atoms with E-state index in [0.29, 0.717) is 0 Å². The van der Waals surface area contributed by atoms with E-state index in [0.717, 1.165) is 30.9 Å². The molecule has 1 N–H and O–H groups in total. The molecule has 3 heteroatoms. The third-order valence-corrected chi connectivity index (χ3v) is 5.58. The molecule has 0 radical (unpaired) electrons. The van der Waals surface area contributed by atoms with Crippen LogP contribution in [-0.4, -0.2) is 22.1 Å². The highest BCUT2D eigenvalue weighted by Crippen LogP contribution is 2.31. The molecule has 2 unspecified atom stereocenters. The second kappa shape index (κ2) is 10.6. The summed E-state index contributed by atoms with van der Waals surface area (Å²) >= 11 is 2.04. The fourth-order valence-electron chi connectivity index (χ4n) is 2.82. The highest BCUT2D eigenvalue weighted by Gasteiger charge is 2.21. The number of carbonyl (C=O) groups is 1. The predicted octanol–water partition coefficient (Wildman–Crippen LogP) is 5.11. The van der Waals surface area contributed by atoms with Crippen molar-refractivity contribution >= 4 is 17.7 Å². The molecule has 2 atom stereocenters. The fourth-order valence-corrected chi connectivity index (χ4v) is 4.12. The second-order valence-electron chi connectivity index (χ2n) is 5.80. The van der Waals surface area contributed by atoms with Crippen LogP contribution in [0.25, 0.3) is 0 Å². The molecule has 1 fully saturated rings. The van der Waals surface area contributed by atoms with Crippen LogP contribution in [0.3, 0.4) is 0 Å². The van der Waals surface area contributed by atoms with Gasteiger partial charge in [-0.25, -0.2) is 0 Å². The Morgan fingerprint density at radius 3 is 2.58 bits per heavy atom. The molecule has 0 saturated carbocycles. The lowest BCUT2D eigenvalue weighted by Gasteiger charge is -2.14. The molecule has 0 aliphatic carbocycles. The van der Waals surface area contributed by atoms with Crippen LogP contribution in [0.1, 0.15) is 77.6 Å². The summed E-state index contributed by atoms with van der Waals surface area (Å²) in [6, 6.07) is 0. The number of aliphatic carboxylic acids is 1. The molecule has 1 heterocycles. The summed E-state index contributed by atoms with van der Waals surface area (Å²) in [4.78, 5) is 11.3. The van der Waals surface area contributed by atoms with Crippen molar-refractivity contribution in [2.75, 3.05) is 5.75 Å². The molecular formula is C16H30O2S. The minimum atomic E-state index is -0.573. The summed E-state index contributed by atoms with van der Waals surface area (Å²) in [5.74, 6) is 0.615. The zero-order valence-corrected chi connectivity index (χ0v) is 13.2. The Kier molecular flexibility index (Phi) is 9.40. The minimum absolute atomic E-state index is 0.0904. The van der Waals surface area contributed by atoms with E-state index < -0.39 is 5.97 Å². The Balaban J connectivity index is 2.08. The first-order valence-electron chi connectivity index (χ1n) is 8.08. The van der Waals surface area contributed by atoms with Gasteiger partial charge in [0.05, 0.1) is 5.92 Å². The van der Waals surface area contributed by atoms with Gasteiger partial charge in [0.2, 0.25) is 0 Å². The molecule has 0 amide bonds. The van der Waals surface area contributed by atoms with Crippen LogP contribution in [0.5, 0.6) is 0 Å². The van der Waals surface area contributed by atoms with E-state index in [4.69, 9.17) is 0 Å². The quantitative estimate of drug-likeness (QED) is 0.536. The van der Waals surface area contributed by atoms with E-state index in [2.05, 4.69) is 6.92 Å². The maximum atomic E-state index is 11.3. The molecule has 1 saturated heterocycles. The van der Waals surface area contributed by atoms with Gasteiger partial charge < -0.3 is 5.11 Å². The van der Waals surface area contributed by atoms with Gasteiger partial charge >= 0.3 is 5.97 Å². The van der Waals surface area contributed by atoms with E-state index in [1.54, 1.807) is 0 Å². The van der Waals surface area contributed by atoms with Crippen molar-refractivity contribution in [1.82, 2.24) is 0 Å². The highest BCUT2D eigenvalue weighted by molar-refractivity contribution is 8.00. The maximum absolute atomic E-state index is 11.3. The second-order valence-corrected chi connectivity index (χ2v) is 7.21. The minimum Gasteiger partial charge on any atom is -0.481 e. The molecule has 0 aromatic carbocycles. The molecule has 112 valence electrons. The Labute approximate surface area is 122 Å². The van der Waals surface area contributed by atoms with Gasteiger partial charge in [-0.2, -0.15) is 11.8 Å². The molecule has 19 heavy (non-hydrogen) atoms. The van der Waals surface area contributed by atoms with E-state index in [1.807, 2.05) is 11.8 Å². The highest BCUT2D eigenvalue weighted by atomic mass is 32.2. The molecule has 0 bridgehead atoms. The first-order chi connectivity index (χ1) is 9.24. The van der Waals surface area contributed by atoms with Gasteiger partial charge in [-0.15, -0.1) is 0 Å². The van der Waals surface area contributed by atoms with Crippen molar-refractivity contribution in [3.8, 4) is 0 Å². The van der Waals surface area contributed by atoms with E-state index in [1.165, 1.54) is 50.7 Å². The Hall–Kier alpha value is -0.180. The van der Waals surface area contributed by atoms with E-state index in [-0.39, 0.29) is 5.92 Å². The number of carboxylic acids is 1. The van der Waals surface area contributed by atoms with Gasteiger partial charge in [-0.05, 0) is 37.9 Å². The third kappa shape index (κ3) is 7.86. The Morgan fingerprint density at radius 1 is 1.21 bits per heavy atom. The number of unbranched alkanes of at least 4 members (excludes halogenated alkanes) is 5. The number of hydrogen-bond acceptors (Lipinski definition) is 2. The van der Waals surface area contributed by atoms with Crippen LogP contribution >= 0.6 is 11.8 Å². The van der Waals surface area contributed by atoms with E-state index in [9.17, 15) is 9.90 Å². The van der Waals surface area contributed by atoms with Crippen molar-refractivity contribution in [3.63, 3.8) is 0 Å². The van der Waals surface area contributed by atoms with Gasteiger partial charge in [0.15, 0.2) is 0 Å². The largest absolute Gasteiger partial charge is 0.481 e.